The second-order valence-corrected chi connectivity index (χ2v) is 14.9. The van der Waals surface area contributed by atoms with E-state index >= 15 is 0 Å². The summed E-state index contributed by atoms with van der Waals surface area (Å²) in [6, 6.07) is 0. The molecule has 0 spiro atoms. The van der Waals surface area contributed by atoms with Crippen molar-refractivity contribution in [2.24, 2.45) is 0 Å². The first-order valence-corrected chi connectivity index (χ1v) is 20.7. The number of allylic oxidation sites excluding steroid dienone is 8. The van der Waals surface area contributed by atoms with Crippen molar-refractivity contribution in [2.45, 2.75) is 170 Å². The topological polar surface area (TPSA) is 284 Å². The molecule has 0 aliphatic carbocycles. The number of unbranched alkanes of at least 4 members (excludes halogenated alkanes) is 4. The number of rotatable bonds is 26. The van der Waals surface area contributed by atoms with E-state index < -0.39 is 131 Å². The van der Waals surface area contributed by atoms with Crippen LogP contribution in [0, 0.1) is 0 Å². The van der Waals surface area contributed by atoms with E-state index in [-0.39, 0.29) is 12.8 Å². The lowest BCUT2D eigenvalue weighted by Gasteiger charge is -2.45. The van der Waals surface area contributed by atoms with E-state index in [1.807, 2.05) is 12.2 Å². The average Bonchev–Trinajstić information content (AvgIpc) is 3.23. The summed E-state index contributed by atoms with van der Waals surface area (Å²) in [5.41, 5.74) is 0. The summed E-state index contributed by atoms with van der Waals surface area (Å²) in [6.45, 7) is -0.822. The number of hydrogen-bond donors (Lipinski definition) is 10. The van der Waals surface area contributed by atoms with Crippen LogP contribution in [0.1, 0.15) is 77.6 Å². The lowest BCUT2D eigenvalue weighted by Crippen LogP contribution is -2.63. The Labute approximate surface area is 345 Å². The lowest BCUT2D eigenvalue weighted by molar-refractivity contribution is -0.353. The minimum Gasteiger partial charge on any atom is -0.457 e. The Morgan fingerprint density at radius 2 is 1.15 bits per heavy atom. The molecular formula is C41H68O18. The van der Waals surface area contributed by atoms with Crippen molar-refractivity contribution in [3.8, 4) is 0 Å². The van der Waals surface area contributed by atoms with Crippen LogP contribution in [0.2, 0.25) is 0 Å². The third kappa shape index (κ3) is 17.2. The maximum atomic E-state index is 13.0. The first-order valence-electron chi connectivity index (χ1n) is 20.7. The molecule has 3 heterocycles. The molecule has 10 N–H and O–H groups in total. The van der Waals surface area contributed by atoms with E-state index in [9.17, 15) is 55.9 Å². The lowest BCUT2D eigenvalue weighted by atomic mass is 9.98. The zero-order chi connectivity index (χ0) is 43.2. The quantitative estimate of drug-likeness (QED) is 0.0299. The summed E-state index contributed by atoms with van der Waals surface area (Å²) in [5.74, 6) is -0.651. The highest BCUT2D eigenvalue weighted by Gasteiger charge is 2.50. The number of aliphatic hydroxyl groups is 10. The molecule has 18 heteroatoms. The minimum absolute atomic E-state index is 0.00375. The molecule has 0 aromatic carbocycles. The van der Waals surface area contributed by atoms with Crippen LogP contribution in [-0.2, 0) is 38.0 Å². The third-order valence-electron chi connectivity index (χ3n) is 10.1. The first-order chi connectivity index (χ1) is 28.4. The summed E-state index contributed by atoms with van der Waals surface area (Å²) in [7, 11) is 0. The van der Waals surface area contributed by atoms with Gasteiger partial charge in [-0.2, -0.15) is 0 Å². The number of hydrogen-bond acceptors (Lipinski definition) is 18. The molecule has 15 atom stereocenters. The predicted molar refractivity (Wildman–Crippen MR) is 209 cm³/mol. The van der Waals surface area contributed by atoms with E-state index in [0.717, 1.165) is 25.7 Å². The molecule has 340 valence electrons. The second kappa shape index (κ2) is 28.4. The van der Waals surface area contributed by atoms with Gasteiger partial charge in [0.25, 0.3) is 0 Å². The van der Waals surface area contributed by atoms with Crippen LogP contribution in [0.4, 0.5) is 0 Å². The molecule has 3 saturated heterocycles. The van der Waals surface area contributed by atoms with Gasteiger partial charge in [0.2, 0.25) is 0 Å². The van der Waals surface area contributed by atoms with E-state index in [1.165, 1.54) is 19.3 Å². The van der Waals surface area contributed by atoms with Crippen LogP contribution in [0.15, 0.2) is 48.6 Å². The van der Waals surface area contributed by atoms with E-state index in [0.29, 0.717) is 12.8 Å². The van der Waals surface area contributed by atoms with Gasteiger partial charge in [0.15, 0.2) is 18.9 Å². The van der Waals surface area contributed by atoms with Crippen molar-refractivity contribution < 1.29 is 89.0 Å². The zero-order valence-electron chi connectivity index (χ0n) is 33.8. The number of aliphatic hydroxyl groups excluding tert-OH is 10. The van der Waals surface area contributed by atoms with E-state index in [2.05, 4.69) is 43.4 Å². The molecule has 0 aromatic rings. The third-order valence-corrected chi connectivity index (χ3v) is 10.1. The van der Waals surface area contributed by atoms with Crippen molar-refractivity contribution in [3.05, 3.63) is 48.6 Å². The van der Waals surface area contributed by atoms with Gasteiger partial charge in [0.1, 0.15) is 61.0 Å². The fourth-order valence-electron chi connectivity index (χ4n) is 6.55. The summed E-state index contributed by atoms with van der Waals surface area (Å²) in [5, 5.41) is 102. The summed E-state index contributed by atoms with van der Waals surface area (Å²) in [4.78, 5) is 13.0. The molecule has 18 nitrogen and oxygen atoms in total. The Kier molecular flexibility index (Phi) is 24.6. The Hall–Kier alpha value is -2.21. The normalized spacial score (nSPS) is 35.0. The van der Waals surface area contributed by atoms with Crippen LogP contribution < -0.4 is 0 Å². The highest BCUT2D eigenvalue weighted by Crippen LogP contribution is 2.30. The van der Waals surface area contributed by atoms with Crippen LogP contribution >= 0.6 is 0 Å². The monoisotopic (exact) mass is 848 g/mol. The fourth-order valence-corrected chi connectivity index (χ4v) is 6.55. The summed E-state index contributed by atoms with van der Waals surface area (Å²) < 4.78 is 39.0. The molecule has 0 saturated carbocycles. The Morgan fingerprint density at radius 1 is 0.610 bits per heavy atom. The van der Waals surface area contributed by atoms with Gasteiger partial charge in [-0.25, -0.2) is 0 Å². The van der Waals surface area contributed by atoms with Gasteiger partial charge >= 0.3 is 5.97 Å². The number of carbonyl (C=O) groups is 1. The molecule has 0 radical (unpaired) electrons. The molecule has 3 aliphatic heterocycles. The van der Waals surface area contributed by atoms with Gasteiger partial charge in [0.05, 0.1) is 45.2 Å². The molecule has 0 aromatic heterocycles. The Morgan fingerprint density at radius 3 is 1.71 bits per heavy atom. The predicted octanol–water partition coefficient (Wildman–Crippen LogP) is -0.470. The molecule has 1 unspecified atom stereocenters. The molecule has 3 rings (SSSR count). The van der Waals surface area contributed by atoms with Crippen molar-refractivity contribution in [2.75, 3.05) is 33.0 Å². The average molecular weight is 849 g/mol. The molecule has 0 amide bonds. The number of carbonyl (C=O) groups excluding carboxylic acids is 1. The molecule has 3 fully saturated rings. The van der Waals surface area contributed by atoms with Gasteiger partial charge in [-0.3, -0.25) is 4.79 Å². The maximum absolute atomic E-state index is 13.0. The molecule has 59 heavy (non-hydrogen) atoms. The van der Waals surface area contributed by atoms with E-state index in [4.69, 9.17) is 33.2 Å². The second-order valence-electron chi connectivity index (χ2n) is 14.9. The van der Waals surface area contributed by atoms with Gasteiger partial charge in [-0.1, -0.05) is 68.4 Å². The van der Waals surface area contributed by atoms with Crippen LogP contribution in [0.3, 0.4) is 0 Å². The smallest absolute Gasteiger partial charge is 0.306 e. The SMILES string of the molecule is CCCCC/C=C\C/C=C\C/C=C\C/C=C\CCCC(=O)OC(CO[C@@H]1O[C@H](CO)[C@@H](O)[C@H](O)[C@H]1O)CO[C@@H]1O[C@H](CO)[C@@H](O)[C@H](O[C@@H]2O[C@H](CO)C[C@H](O)[C@H]2O)[C@H]1O. The Balaban J connectivity index is 1.55. The molecular weight excluding hydrogens is 780 g/mol. The van der Waals surface area contributed by atoms with Crippen molar-refractivity contribution in [1.82, 2.24) is 0 Å². The maximum Gasteiger partial charge on any atom is 0.306 e. The summed E-state index contributed by atoms with van der Waals surface area (Å²) in [6.07, 6.45) is 2.27. The van der Waals surface area contributed by atoms with Gasteiger partial charge in [0, 0.05) is 12.8 Å². The van der Waals surface area contributed by atoms with E-state index in [1.54, 1.807) is 0 Å². The highest BCUT2D eigenvalue weighted by molar-refractivity contribution is 5.69. The Bertz CT molecular complexity index is 1260. The molecule has 0 bridgehead atoms. The van der Waals surface area contributed by atoms with Crippen molar-refractivity contribution >= 4 is 5.97 Å². The first kappa shape index (κ1) is 51.1. The molecule has 3 aliphatic rings. The van der Waals surface area contributed by atoms with Gasteiger partial charge < -0.3 is 84.2 Å². The van der Waals surface area contributed by atoms with Crippen LogP contribution in [0.5, 0.6) is 0 Å². The fraction of sp³-hybridized carbons (Fsp3) is 0.780. The van der Waals surface area contributed by atoms with Crippen LogP contribution in [-0.4, -0.2) is 182 Å². The van der Waals surface area contributed by atoms with Gasteiger partial charge in [-0.05, 0) is 44.9 Å². The summed E-state index contributed by atoms with van der Waals surface area (Å²) >= 11 is 0. The van der Waals surface area contributed by atoms with Gasteiger partial charge in [-0.15, -0.1) is 0 Å². The standard InChI is InChI=1S/C41H68O18/c1-2-3-4-5-6-7-8-9-10-11-12-13-14-15-16-17-18-19-31(46)55-27(24-53-39-36(51)35(50)33(48)29(22-43)57-39)25-54-40-37(52)38(34(49)30(23-44)58-40)59-41-32(47)28(45)20-26(21-42)56-41/h6-7,9-10,12-13,15-16,26-30,32-45,47-52H,2-5,8,11,14,17-25H2,1H3/b7-6-,10-9-,13-12-,16-15-/t26-,27?,28-,29+,30+,32+,33+,34+,35-,36+,37+,38-,39+,40+,41-/m0/s1. The zero-order valence-corrected chi connectivity index (χ0v) is 33.8. The highest BCUT2D eigenvalue weighted by atomic mass is 16.7. The largest absolute Gasteiger partial charge is 0.457 e. The minimum atomic E-state index is -1.80. The van der Waals surface area contributed by atoms with Crippen LogP contribution in [0.25, 0.3) is 0 Å². The van der Waals surface area contributed by atoms with Crippen molar-refractivity contribution in [1.29, 1.82) is 0 Å². The number of esters is 1. The van der Waals surface area contributed by atoms with Crippen molar-refractivity contribution in [3.63, 3.8) is 0 Å². The number of ether oxygens (including phenoxy) is 7.